The van der Waals surface area contributed by atoms with E-state index in [4.69, 9.17) is 0 Å². The summed E-state index contributed by atoms with van der Waals surface area (Å²) >= 11 is 1.92. The molecular formula is C8H14N2O2S. The normalized spacial score (nSPS) is 16.5. The molecule has 1 fully saturated rings. The highest BCUT2D eigenvalue weighted by atomic mass is 32.2. The molecule has 1 N–H and O–H groups in total. The lowest BCUT2D eigenvalue weighted by Gasteiger charge is -2.11. The van der Waals surface area contributed by atoms with Crippen LogP contribution in [0, 0.1) is 0 Å². The summed E-state index contributed by atoms with van der Waals surface area (Å²) < 4.78 is 4.67. The Morgan fingerprint density at radius 2 is 2.31 bits per heavy atom. The third kappa shape index (κ3) is 4.17. The van der Waals surface area contributed by atoms with Gasteiger partial charge in [-0.2, -0.15) is 16.9 Å². The van der Waals surface area contributed by atoms with Crippen LogP contribution in [0.2, 0.25) is 0 Å². The van der Waals surface area contributed by atoms with Gasteiger partial charge in [0.15, 0.2) is 0 Å². The molecular weight excluding hydrogens is 188 g/mol. The summed E-state index contributed by atoms with van der Waals surface area (Å²) in [4.78, 5) is 10.8. The molecule has 1 aliphatic heterocycles. The number of amides is 1. The van der Waals surface area contributed by atoms with Gasteiger partial charge in [-0.1, -0.05) is 0 Å². The van der Waals surface area contributed by atoms with Crippen molar-refractivity contribution >= 4 is 23.6 Å². The van der Waals surface area contributed by atoms with Gasteiger partial charge in [-0.15, -0.1) is 0 Å². The fraction of sp³-hybridized carbons (Fsp3) is 0.750. The minimum absolute atomic E-state index is 0.381. The third-order valence-corrected chi connectivity index (χ3v) is 2.64. The first-order valence-corrected chi connectivity index (χ1v) is 5.54. The van der Waals surface area contributed by atoms with Crippen LogP contribution in [0.4, 0.5) is 4.79 Å². The summed E-state index contributed by atoms with van der Waals surface area (Å²) in [6, 6.07) is 0. The molecule has 0 saturated carbocycles. The number of rotatable bonds is 2. The highest BCUT2D eigenvalue weighted by Crippen LogP contribution is 2.13. The van der Waals surface area contributed by atoms with Gasteiger partial charge in [-0.3, -0.25) is 0 Å². The number of carbonyl (C=O) groups is 1. The molecule has 1 amide bonds. The molecule has 0 aliphatic carbocycles. The van der Waals surface area contributed by atoms with Crippen LogP contribution >= 0.6 is 11.8 Å². The van der Waals surface area contributed by atoms with Crippen LogP contribution in [0.15, 0.2) is 5.10 Å². The topological polar surface area (TPSA) is 50.7 Å². The van der Waals surface area contributed by atoms with Crippen molar-refractivity contribution in [1.82, 2.24) is 5.43 Å². The zero-order valence-corrected chi connectivity index (χ0v) is 8.52. The molecule has 0 aromatic carbocycles. The Labute approximate surface area is 82.1 Å². The Hall–Kier alpha value is -0.710. The first kappa shape index (κ1) is 10.4. The van der Waals surface area contributed by atoms with Crippen molar-refractivity contribution in [2.75, 3.05) is 18.1 Å². The van der Waals surface area contributed by atoms with E-state index in [-0.39, 0.29) is 0 Å². The number of thioether (sulfide) groups is 1. The van der Waals surface area contributed by atoms with Crippen LogP contribution in [-0.4, -0.2) is 29.9 Å². The SMILES string of the molecule is CCOC(=O)NN=C1CCSCC1. The average Bonchev–Trinajstić information content (AvgIpc) is 2.17. The van der Waals surface area contributed by atoms with Gasteiger partial charge in [0.1, 0.15) is 0 Å². The van der Waals surface area contributed by atoms with Gasteiger partial charge < -0.3 is 4.74 Å². The van der Waals surface area contributed by atoms with Crippen LogP contribution in [0.5, 0.6) is 0 Å². The van der Waals surface area contributed by atoms with E-state index in [0.717, 1.165) is 30.1 Å². The van der Waals surface area contributed by atoms with Gasteiger partial charge in [0, 0.05) is 5.71 Å². The van der Waals surface area contributed by atoms with Gasteiger partial charge in [0.25, 0.3) is 0 Å². The summed E-state index contributed by atoms with van der Waals surface area (Å²) in [7, 11) is 0. The quantitative estimate of drug-likeness (QED) is 0.692. The van der Waals surface area contributed by atoms with E-state index >= 15 is 0 Å². The first-order valence-electron chi connectivity index (χ1n) is 4.39. The van der Waals surface area contributed by atoms with Crippen molar-refractivity contribution in [3.8, 4) is 0 Å². The number of hydrogen-bond donors (Lipinski definition) is 1. The Balaban J connectivity index is 2.25. The molecule has 1 rings (SSSR count). The van der Waals surface area contributed by atoms with E-state index in [1.807, 2.05) is 11.8 Å². The smallest absolute Gasteiger partial charge is 0.427 e. The Kier molecular flexibility index (Phi) is 4.67. The molecule has 0 aromatic rings. The van der Waals surface area contributed by atoms with E-state index in [2.05, 4.69) is 15.3 Å². The molecule has 5 heteroatoms. The van der Waals surface area contributed by atoms with Crippen molar-refractivity contribution in [2.24, 2.45) is 5.10 Å². The second kappa shape index (κ2) is 5.85. The molecule has 74 valence electrons. The zero-order valence-electron chi connectivity index (χ0n) is 7.71. The Morgan fingerprint density at radius 3 is 2.92 bits per heavy atom. The van der Waals surface area contributed by atoms with Gasteiger partial charge in [0.05, 0.1) is 6.61 Å². The van der Waals surface area contributed by atoms with E-state index in [1.165, 1.54) is 0 Å². The van der Waals surface area contributed by atoms with Crippen molar-refractivity contribution in [3.63, 3.8) is 0 Å². The maximum atomic E-state index is 10.8. The van der Waals surface area contributed by atoms with Crippen molar-refractivity contribution in [2.45, 2.75) is 19.8 Å². The molecule has 13 heavy (non-hydrogen) atoms. The molecule has 0 bridgehead atoms. The number of nitrogens with zero attached hydrogens (tertiary/aromatic N) is 1. The standard InChI is InChI=1S/C8H14N2O2S/c1-2-12-8(11)10-9-7-3-5-13-6-4-7/h2-6H2,1H3,(H,10,11). The van der Waals surface area contributed by atoms with E-state index in [0.29, 0.717) is 6.61 Å². The number of ether oxygens (including phenoxy) is 1. The molecule has 1 heterocycles. The van der Waals surface area contributed by atoms with Gasteiger partial charge in [0.2, 0.25) is 0 Å². The molecule has 4 nitrogen and oxygen atoms in total. The lowest BCUT2D eigenvalue weighted by Crippen LogP contribution is -2.22. The molecule has 0 aromatic heterocycles. The van der Waals surface area contributed by atoms with E-state index < -0.39 is 6.09 Å². The fourth-order valence-electron chi connectivity index (χ4n) is 1.01. The minimum Gasteiger partial charge on any atom is -0.449 e. The first-order chi connectivity index (χ1) is 6.33. The predicted molar refractivity (Wildman–Crippen MR) is 54.2 cm³/mol. The average molecular weight is 202 g/mol. The Bertz CT molecular complexity index is 198. The number of hydrazone groups is 1. The van der Waals surface area contributed by atoms with Gasteiger partial charge in [-0.25, -0.2) is 10.2 Å². The summed E-state index contributed by atoms with van der Waals surface area (Å²) in [5.41, 5.74) is 3.43. The predicted octanol–water partition coefficient (Wildman–Crippen LogP) is 1.62. The van der Waals surface area contributed by atoms with Crippen LogP contribution in [-0.2, 0) is 4.74 Å². The fourth-order valence-corrected chi connectivity index (χ4v) is 1.97. The molecule has 1 saturated heterocycles. The largest absolute Gasteiger partial charge is 0.449 e. The number of hydrogen-bond acceptors (Lipinski definition) is 4. The molecule has 1 aliphatic rings. The number of nitrogens with one attached hydrogen (secondary N) is 1. The molecule has 0 unspecified atom stereocenters. The maximum absolute atomic E-state index is 10.8. The van der Waals surface area contributed by atoms with E-state index in [1.54, 1.807) is 6.92 Å². The third-order valence-electron chi connectivity index (χ3n) is 1.65. The van der Waals surface area contributed by atoms with Crippen LogP contribution in [0.1, 0.15) is 19.8 Å². The summed E-state index contributed by atoms with van der Waals surface area (Å²) in [6.45, 7) is 2.15. The summed E-state index contributed by atoms with van der Waals surface area (Å²) in [5.74, 6) is 2.20. The molecule has 0 spiro atoms. The lowest BCUT2D eigenvalue weighted by atomic mass is 10.2. The summed E-state index contributed by atoms with van der Waals surface area (Å²) in [5, 5.41) is 3.98. The van der Waals surface area contributed by atoms with Gasteiger partial charge >= 0.3 is 6.09 Å². The lowest BCUT2D eigenvalue weighted by molar-refractivity contribution is 0.152. The highest BCUT2D eigenvalue weighted by molar-refractivity contribution is 7.99. The monoisotopic (exact) mass is 202 g/mol. The zero-order chi connectivity index (χ0) is 9.52. The van der Waals surface area contributed by atoms with Gasteiger partial charge in [-0.05, 0) is 31.3 Å². The van der Waals surface area contributed by atoms with E-state index in [9.17, 15) is 4.79 Å². The van der Waals surface area contributed by atoms with Crippen molar-refractivity contribution in [3.05, 3.63) is 0 Å². The molecule has 0 radical (unpaired) electrons. The number of carbonyl (C=O) groups excluding carboxylic acids is 1. The van der Waals surface area contributed by atoms with Crippen molar-refractivity contribution in [1.29, 1.82) is 0 Å². The minimum atomic E-state index is -0.465. The van der Waals surface area contributed by atoms with Crippen molar-refractivity contribution < 1.29 is 9.53 Å². The van der Waals surface area contributed by atoms with Crippen LogP contribution < -0.4 is 5.43 Å². The maximum Gasteiger partial charge on any atom is 0.427 e. The second-order valence-electron chi connectivity index (χ2n) is 2.62. The van der Waals surface area contributed by atoms with Crippen LogP contribution in [0.3, 0.4) is 0 Å². The highest BCUT2D eigenvalue weighted by Gasteiger charge is 2.07. The molecule has 0 atom stereocenters. The second-order valence-corrected chi connectivity index (χ2v) is 3.85. The Morgan fingerprint density at radius 1 is 1.62 bits per heavy atom. The summed E-state index contributed by atoms with van der Waals surface area (Å²) in [6.07, 6.45) is 1.47. The van der Waals surface area contributed by atoms with Crippen LogP contribution in [0.25, 0.3) is 0 Å².